The van der Waals surface area contributed by atoms with Crippen LogP contribution in [-0.4, -0.2) is 41.9 Å². The predicted octanol–water partition coefficient (Wildman–Crippen LogP) is 3.24. The predicted molar refractivity (Wildman–Crippen MR) is 95.2 cm³/mol. The Morgan fingerprint density at radius 3 is 2.65 bits per heavy atom. The first kappa shape index (κ1) is 19.9. The van der Waals surface area contributed by atoms with Gasteiger partial charge in [-0.1, -0.05) is 22.9 Å². The topological polar surface area (TPSA) is 75.5 Å². The molecule has 1 heterocycles. The van der Waals surface area contributed by atoms with Gasteiger partial charge < -0.3 is 10.2 Å². The summed E-state index contributed by atoms with van der Waals surface area (Å²) >= 11 is 3.21. The Balaban J connectivity index is 0.00000264. The molecule has 0 radical (unpaired) electrons. The van der Waals surface area contributed by atoms with Crippen molar-refractivity contribution in [3.63, 3.8) is 0 Å². The lowest BCUT2D eigenvalue weighted by atomic mass is 9.96. The van der Waals surface area contributed by atoms with Gasteiger partial charge in [-0.2, -0.15) is 0 Å². The fourth-order valence-corrected chi connectivity index (χ4v) is 3.04. The number of benzene rings is 1. The van der Waals surface area contributed by atoms with E-state index in [1.165, 1.54) is 12.1 Å². The number of nitro benzene ring substituents is 1. The van der Waals surface area contributed by atoms with Gasteiger partial charge in [-0.25, -0.2) is 0 Å². The molecular weight excluding hydrogens is 386 g/mol. The van der Waals surface area contributed by atoms with Crippen molar-refractivity contribution < 1.29 is 9.72 Å². The second-order valence-corrected chi connectivity index (χ2v) is 6.38. The maximum absolute atomic E-state index is 12.5. The largest absolute Gasteiger partial charge is 0.338 e. The summed E-state index contributed by atoms with van der Waals surface area (Å²) in [6.45, 7) is 5.30. The SMILES string of the molecule is CCNCC1CCN(C(=O)c2ccc(Br)cc2[N+](=O)[O-])CC1.Cl. The Hall–Kier alpha value is -1.18. The highest BCUT2D eigenvalue weighted by molar-refractivity contribution is 9.10. The third kappa shape index (κ3) is 5.16. The fraction of sp³-hybridized carbons (Fsp3) is 0.533. The number of carbonyl (C=O) groups excluding carboxylic acids is 1. The fourth-order valence-electron chi connectivity index (χ4n) is 2.70. The van der Waals surface area contributed by atoms with Crippen LogP contribution < -0.4 is 5.32 Å². The minimum absolute atomic E-state index is 0. The molecular formula is C15H21BrClN3O3. The van der Waals surface area contributed by atoms with Crippen molar-refractivity contribution in [2.45, 2.75) is 19.8 Å². The standard InChI is InChI=1S/C15H20BrN3O3.ClH/c1-2-17-10-11-5-7-18(8-6-11)15(20)13-4-3-12(16)9-14(13)19(21)22;/h3-4,9,11,17H,2,5-8,10H2,1H3;1H. The highest BCUT2D eigenvalue weighted by Crippen LogP contribution is 2.26. The summed E-state index contributed by atoms with van der Waals surface area (Å²) in [5.74, 6) is 0.324. The first-order valence-corrected chi connectivity index (χ1v) is 8.26. The highest BCUT2D eigenvalue weighted by Gasteiger charge is 2.28. The molecule has 1 aromatic rings. The van der Waals surface area contributed by atoms with Crippen molar-refractivity contribution in [3.8, 4) is 0 Å². The number of nitrogens with one attached hydrogen (secondary N) is 1. The van der Waals surface area contributed by atoms with Crippen LogP contribution in [0.2, 0.25) is 0 Å². The summed E-state index contributed by atoms with van der Waals surface area (Å²) in [5, 5.41) is 14.5. The number of amides is 1. The molecule has 1 amide bonds. The van der Waals surface area contributed by atoms with E-state index in [-0.39, 0.29) is 29.6 Å². The molecule has 128 valence electrons. The molecule has 0 spiro atoms. The Bertz CT molecular complexity index is 563. The van der Waals surface area contributed by atoms with E-state index in [4.69, 9.17) is 0 Å². The van der Waals surface area contributed by atoms with Gasteiger partial charge >= 0.3 is 0 Å². The number of carbonyl (C=O) groups is 1. The van der Waals surface area contributed by atoms with Gasteiger partial charge in [0, 0.05) is 23.6 Å². The van der Waals surface area contributed by atoms with Gasteiger partial charge in [0.1, 0.15) is 5.56 Å². The van der Waals surface area contributed by atoms with Crippen LogP contribution in [0.1, 0.15) is 30.1 Å². The summed E-state index contributed by atoms with van der Waals surface area (Å²) in [6, 6.07) is 4.57. The number of halogens is 2. The van der Waals surface area contributed by atoms with E-state index in [1.807, 2.05) is 0 Å². The molecule has 0 aliphatic carbocycles. The Labute approximate surface area is 150 Å². The van der Waals surface area contributed by atoms with Gasteiger partial charge in [0.05, 0.1) is 4.92 Å². The molecule has 0 aromatic heterocycles. The summed E-state index contributed by atoms with van der Waals surface area (Å²) in [6.07, 6.45) is 1.87. The average Bonchev–Trinajstić information content (AvgIpc) is 2.52. The number of nitro groups is 1. The van der Waals surface area contributed by atoms with Gasteiger partial charge in [-0.05, 0) is 44.0 Å². The van der Waals surface area contributed by atoms with Crippen LogP contribution in [0.5, 0.6) is 0 Å². The van der Waals surface area contributed by atoms with Gasteiger partial charge in [0.2, 0.25) is 0 Å². The van der Waals surface area contributed by atoms with E-state index in [2.05, 4.69) is 28.2 Å². The zero-order valence-electron chi connectivity index (χ0n) is 13.0. The molecule has 1 saturated heterocycles. The van der Waals surface area contributed by atoms with E-state index in [0.717, 1.165) is 25.9 Å². The molecule has 0 unspecified atom stereocenters. The molecule has 0 saturated carbocycles. The minimum Gasteiger partial charge on any atom is -0.338 e. The van der Waals surface area contributed by atoms with Crippen LogP contribution in [0.15, 0.2) is 22.7 Å². The van der Waals surface area contributed by atoms with Crippen LogP contribution in [0.3, 0.4) is 0 Å². The number of rotatable bonds is 5. The molecule has 6 nitrogen and oxygen atoms in total. The Morgan fingerprint density at radius 2 is 2.09 bits per heavy atom. The van der Waals surface area contributed by atoms with E-state index >= 15 is 0 Å². The van der Waals surface area contributed by atoms with Crippen LogP contribution >= 0.6 is 28.3 Å². The number of hydrogen-bond donors (Lipinski definition) is 1. The van der Waals surface area contributed by atoms with Crippen LogP contribution in [0.4, 0.5) is 5.69 Å². The molecule has 23 heavy (non-hydrogen) atoms. The lowest BCUT2D eigenvalue weighted by Gasteiger charge is -2.32. The molecule has 2 rings (SSSR count). The Morgan fingerprint density at radius 1 is 1.43 bits per heavy atom. The van der Waals surface area contributed by atoms with Crippen LogP contribution in [0.25, 0.3) is 0 Å². The molecule has 1 aliphatic heterocycles. The third-order valence-corrected chi connectivity index (χ3v) is 4.46. The second kappa shape index (κ2) is 9.20. The molecule has 0 bridgehead atoms. The maximum Gasteiger partial charge on any atom is 0.283 e. The van der Waals surface area contributed by atoms with Crippen LogP contribution in [-0.2, 0) is 0 Å². The van der Waals surface area contributed by atoms with Gasteiger partial charge in [0.15, 0.2) is 0 Å². The molecule has 1 aromatic carbocycles. The van der Waals surface area contributed by atoms with E-state index in [9.17, 15) is 14.9 Å². The number of hydrogen-bond acceptors (Lipinski definition) is 4. The number of nitrogens with zero attached hydrogens (tertiary/aromatic N) is 2. The van der Waals surface area contributed by atoms with Crippen molar-refractivity contribution in [1.82, 2.24) is 10.2 Å². The minimum atomic E-state index is -0.504. The van der Waals surface area contributed by atoms with Crippen molar-refractivity contribution >= 4 is 39.9 Å². The lowest BCUT2D eigenvalue weighted by molar-refractivity contribution is -0.385. The second-order valence-electron chi connectivity index (χ2n) is 5.46. The average molecular weight is 407 g/mol. The van der Waals surface area contributed by atoms with E-state index in [1.54, 1.807) is 11.0 Å². The molecule has 1 N–H and O–H groups in total. The highest BCUT2D eigenvalue weighted by atomic mass is 79.9. The number of likely N-dealkylation sites (tertiary alicyclic amines) is 1. The van der Waals surface area contributed by atoms with E-state index < -0.39 is 4.92 Å². The normalized spacial score (nSPS) is 15.1. The summed E-state index contributed by atoms with van der Waals surface area (Å²) < 4.78 is 0.597. The van der Waals surface area contributed by atoms with Crippen molar-refractivity contribution in [2.24, 2.45) is 5.92 Å². The maximum atomic E-state index is 12.5. The van der Waals surface area contributed by atoms with E-state index in [0.29, 0.717) is 23.5 Å². The zero-order valence-corrected chi connectivity index (χ0v) is 15.4. The first-order valence-electron chi connectivity index (χ1n) is 7.46. The first-order chi connectivity index (χ1) is 10.5. The summed E-state index contributed by atoms with van der Waals surface area (Å²) in [7, 11) is 0. The molecule has 0 atom stereocenters. The zero-order chi connectivity index (χ0) is 16.1. The third-order valence-electron chi connectivity index (χ3n) is 3.97. The van der Waals surface area contributed by atoms with Crippen molar-refractivity contribution in [3.05, 3.63) is 38.3 Å². The molecule has 1 fully saturated rings. The lowest BCUT2D eigenvalue weighted by Crippen LogP contribution is -2.41. The van der Waals surface area contributed by atoms with Gasteiger partial charge in [-0.3, -0.25) is 14.9 Å². The smallest absolute Gasteiger partial charge is 0.283 e. The van der Waals surface area contributed by atoms with Crippen molar-refractivity contribution in [2.75, 3.05) is 26.2 Å². The molecule has 1 aliphatic rings. The quantitative estimate of drug-likeness (QED) is 0.601. The van der Waals surface area contributed by atoms with Gasteiger partial charge in [0.25, 0.3) is 11.6 Å². The molecule has 8 heteroatoms. The summed E-state index contributed by atoms with van der Waals surface area (Å²) in [5.41, 5.74) is 0.0208. The van der Waals surface area contributed by atoms with Crippen LogP contribution in [0, 0.1) is 16.0 Å². The monoisotopic (exact) mass is 405 g/mol. The van der Waals surface area contributed by atoms with Crippen molar-refractivity contribution in [1.29, 1.82) is 0 Å². The van der Waals surface area contributed by atoms with Gasteiger partial charge in [-0.15, -0.1) is 12.4 Å². The Kier molecular flexibility index (Phi) is 7.94. The number of piperidine rings is 1. The summed E-state index contributed by atoms with van der Waals surface area (Å²) in [4.78, 5) is 24.9.